The van der Waals surface area contributed by atoms with Gasteiger partial charge < -0.3 is 14.7 Å². The molecular formula is C23H23N3O3. The van der Waals surface area contributed by atoms with Gasteiger partial charge in [0.05, 0.1) is 17.7 Å². The maximum Gasteiger partial charge on any atom is 0.340 e. The number of benzene rings is 1. The van der Waals surface area contributed by atoms with Gasteiger partial charge in [0.1, 0.15) is 11.6 Å². The fraction of sp³-hybridized carbons (Fsp3) is 0.261. The maximum atomic E-state index is 13.2. The number of H-pyrrole nitrogens is 2. The van der Waals surface area contributed by atoms with Gasteiger partial charge in [0, 0.05) is 34.1 Å². The number of nitrogens with zero attached hydrogens (tertiary/aromatic N) is 1. The lowest BCUT2D eigenvalue weighted by atomic mass is 9.97. The third-order valence-corrected chi connectivity index (χ3v) is 4.96. The number of aromatic nitrogens is 2. The Labute approximate surface area is 169 Å². The summed E-state index contributed by atoms with van der Waals surface area (Å²) in [5, 5.41) is 10.6. The van der Waals surface area contributed by atoms with Gasteiger partial charge in [-0.1, -0.05) is 25.1 Å². The average Bonchev–Trinajstić information content (AvgIpc) is 3.25. The van der Waals surface area contributed by atoms with E-state index in [9.17, 15) is 14.9 Å². The van der Waals surface area contributed by atoms with Crippen molar-refractivity contribution in [2.24, 2.45) is 0 Å². The van der Waals surface area contributed by atoms with Gasteiger partial charge in [-0.2, -0.15) is 5.26 Å². The van der Waals surface area contributed by atoms with Crippen LogP contribution in [0, 0.1) is 25.2 Å². The molecule has 2 heterocycles. The van der Waals surface area contributed by atoms with Gasteiger partial charge in [0.25, 0.3) is 0 Å². The van der Waals surface area contributed by atoms with Crippen molar-refractivity contribution in [1.29, 1.82) is 5.26 Å². The number of hydrogen-bond donors (Lipinski definition) is 2. The lowest BCUT2D eigenvalue weighted by Crippen LogP contribution is -2.13. The number of carbonyl (C=O) groups excluding carboxylic acids is 2. The van der Waals surface area contributed by atoms with E-state index >= 15 is 0 Å². The number of hydrogen-bond acceptors (Lipinski definition) is 4. The minimum atomic E-state index is -0.574. The van der Waals surface area contributed by atoms with Crippen LogP contribution in [-0.2, 0) is 11.2 Å². The van der Waals surface area contributed by atoms with Crippen LogP contribution in [0.1, 0.15) is 57.1 Å². The molecule has 29 heavy (non-hydrogen) atoms. The van der Waals surface area contributed by atoms with E-state index < -0.39 is 11.8 Å². The van der Waals surface area contributed by atoms with E-state index in [0.717, 1.165) is 28.5 Å². The molecule has 0 amide bonds. The van der Waals surface area contributed by atoms with E-state index in [2.05, 4.69) is 16.9 Å². The van der Waals surface area contributed by atoms with Gasteiger partial charge in [-0.05, 0) is 38.8 Å². The first kappa shape index (κ1) is 20.2. The van der Waals surface area contributed by atoms with Crippen LogP contribution in [-0.4, -0.2) is 28.3 Å². The molecule has 0 unspecified atom stereocenters. The zero-order valence-electron chi connectivity index (χ0n) is 17.0. The molecular weight excluding hydrogens is 366 g/mol. The fourth-order valence-electron chi connectivity index (χ4n) is 3.62. The van der Waals surface area contributed by atoms with Crippen LogP contribution in [0.2, 0.25) is 0 Å². The topological polar surface area (TPSA) is 98.7 Å². The van der Waals surface area contributed by atoms with Gasteiger partial charge >= 0.3 is 5.97 Å². The molecule has 3 rings (SSSR count). The molecule has 0 radical (unpaired) electrons. The van der Waals surface area contributed by atoms with E-state index in [4.69, 9.17) is 4.74 Å². The molecule has 6 nitrogen and oxygen atoms in total. The molecule has 0 atom stereocenters. The van der Waals surface area contributed by atoms with Crippen LogP contribution >= 0.6 is 0 Å². The fourth-order valence-corrected chi connectivity index (χ4v) is 3.62. The average molecular weight is 389 g/mol. The van der Waals surface area contributed by atoms with Crippen molar-refractivity contribution < 1.29 is 14.3 Å². The second kappa shape index (κ2) is 8.19. The summed E-state index contributed by atoms with van der Waals surface area (Å²) in [5.41, 5.74) is 4.31. The summed E-state index contributed by atoms with van der Waals surface area (Å²) in [6.07, 6.45) is 4.23. The highest BCUT2D eigenvalue weighted by Crippen LogP contribution is 2.27. The van der Waals surface area contributed by atoms with E-state index in [1.807, 2.05) is 24.3 Å². The molecule has 0 saturated heterocycles. The summed E-state index contributed by atoms with van der Waals surface area (Å²) in [6, 6.07) is 7.95. The zero-order valence-corrected chi connectivity index (χ0v) is 17.0. The Balaban J connectivity index is 2.10. The van der Waals surface area contributed by atoms with Gasteiger partial charge in [-0.15, -0.1) is 0 Å². The molecule has 0 aliphatic carbocycles. The largest absolute Gasteiger partial charge is 0.462 e. The summed E-state index contributed by atoms with van der Waals surface area (Å²) in [6.45, 7) is 7.39. The molecule has 0 spiro atoms. The Hall–Kier alpha value is -3.59. The maximum absolute atomic E-state index is 13.2. The van der Waals surface area contributed by atoms with Crippen molar-refractivity contribution in [1.82, 2.24) is 9.97 Å². The normalized spacial score (nSPS) is 11.5. The van der Waals surface area contributed by atoms with E-state index in [1.165, 1.54) is 0 Å². The Bertz CT molecular complexity index is 1170. The molecule has 148 valence electrons. The van der Waals surface area contributed by atoms with Gasteiger partial charge in [-0.3, -0.25) is 4.79 Å². The molecule has 6 heteroatoms. The summed E-state index contributed by atoms with van der Waals surface area (Å²) >= 11 is 0. The van der Waals surface area contributed by atoms with Crippen LogP contribution < -0.4 is 0 Å². The Kier molecular flexibility index (Phi) is 5.69. The highest BCUT2D eigenvalue weighted by atomic mass is 16.5. The summed E-state index contributed by atoms with van der Waals surface area (Å²) in [7, 11) is 0. The lowest BCUT2D eigenvalue weighted by Gasteiger charge is -2.05. The smallest absolute Gasteiger partial charge is 0.340 e. The Morgan fingerprint density at radius 1 is 1.17 bits per heavy atom. The number of Topliss-reactive ketones (excluding diaryl/α,β-unsaturated/α-hetero) is 1. The number of para-hydroxylation sites is 1. The predicted molar refractivity (Wildman–Crippen MR) is 112 cm³/mol. The van der Waals surface area contributed by atoms with Crippen molar-refractivity contribution in [3.8, 4) is 6.07 Å². The van der Waals surface area contributed by atoms with Crippen LogP contribution in [0.25, 0.3) is 17.0 Å². The standard InChI is InChI=1S/C23H23N3O3/c1-5-15-8-7-9-18-17(12-25-21(15)18)10-16(11-24)22(27)19-13(3)26-14(4)20(19)23(28)29-6-2/h7-10,12,25-26H,5-6H2,1-4H3/b16-10+. The van der Waals surface area contributed by atoms with Gasteiger partial charge in [0.15, 0.2) is 0 Å². The van der Waals surface area contributed by atoms with E-state index in [0.29, 0.717) is 11.4 Å². The number of ketones is 1. The number of aromatic amines is 2. The number of fused-ring (bicyclic) bond motifs is 1. The molecule has 1 aromatic carbocycles. The third-order valence-electron chi connectivity index (χ3n) is 4.96. The SMILES string of the molecule is CCOC(=O)c1c(C)[nH]c(C)c1C(=O)/C(C#N)=C/c1c[nH]c2c(CC)cccc12. The predicted octanol–water partition coefficient (Wildman–Crippen LogP) is 4.64. The summed E-state index contributed by atoms with van der Waals surface area (Å²) < 4.78 is 5.10. The van der Waals surface area contributed by atoms with Crippen LogP contribution in [0.3, 0.4) is 0 Å². The second-order valence-electron chi connectivity index (χ2n) is 6.78. The highest BCUT2D eigenvalue weighted by Gasteiger charge is 2.27. The third kappa shape index (κ3) is 3.59. The number of rotatable bonds is 6. The molecule has 3 aromatic rings. The molecule has 0 aliphatic heterocycles. The first-order valence-corrected chi connectivity index (χ1v) is 9.54. The molecule has 2 N–H and O–H groups in total. The van der Waals surface area contributed by atoms with E-state index in [-0.39, 0.29) is 23.3 Å². The number of aryl methyl sites for hydroxylation is 3. The molecule has 0 saturated carbocycles. The lowest BCUT2D eigenvalue weighted by molar-refractivity contribution is 0.0523. The van der Waals surface area contributed by atoms with Crippen LogP contribution in [0.5, 0.6) is 0 Å². The Morgan fingerprint density at radius 2 is 1.90 bits per heavy atom. The highest BCUT2D eigenvalue weighted by molar-refractivity contribution is 6.19. The first-order valence-electron chi connectivity index (χ1n) is 9.54. The zero-order chi connectivity index (χ0) is 21.1. The van der Waals surface area contributed by atoms with Gasteiger partial charge in [-0.25, -0.2) is 4.79 Å². The number of ether oxygens (including phenoxy) is 1. The van der Waals surface area contributed by atoms with Crippen molar-refractivity contribution in [2.75, 3.05) is 6.61 Å². The van der Waals surface area contributed by atoms with Crippen molar-refractivity contribution >= 4 is 28.7 Å². The molecule has 0 aliphatic rings. The molecule has 0 fully saturated rings. The Morgan fingerprint density at radius 3 is 2.55 bits per heavy atom. The molecule has 2 aromatic heterocycles. The number of nitriles is 1. The monoisotopic (exact) mass is 389 g/mol. The van der Waals surface area contributed by atoms with Crippen molar-refractivity contribution in [3.05, 3.63) is 63.6 Å². The second-order valence-corrected chi connectivity index (χ2v) is 6.78. The van der Waals surface area contributed by atoms with Crippen LogP contribution in [0.15, 0.2) is 30.0 Å². The number of nitrogens with one attached hydrogen (secondary N) is 2. The van der Waals surface area contributed by atoms with Crippen molar-refractivity contribution in [3.63, 3.8) is 0 Å². The number of carbonyl (C=O) groups is 2. The number of esters is 1. The quantitative estimate of drug-likeness (QED) is 0.278. The van der Waals surface area contributed by atoms with E-state index in [1.54, 1.807) is 33.0 Å². The first-order chi connectivity index (χ1) is 13.9. The minimum absolute atomic E-state index is 0.0412. The summed E-state index contributed by atoms with van der Waals surface area (Å²) in [5.74, 6) is -1.08. The van der Waals surface area contributed by atoms with Gasteiger partial charge in [0.2, 0.25) is 5.78 Å². The van der Waals surface area contributed by atoms with Crippen molar-refractivity contribution in [2.45, 2.75) is 34.1 Å². The minimum Gasteiger partial charge on any atom is -0.462 e. The summed E-state index contributed by atoms with van der Waals surface area (Å²) in [4.78, 5) is 31.8. The molecule has 0 bridgehead atoms. The number of allylic oxidation sites excluding steroid dienone is 1. The van der Waals surface area contributed by atoms with Crippen LogP contribution in [0.4, 0.5) is 0 Å².